The van der Waals surface area contributed by atoms with E-state index in [-0.39, 0.29) is 11.7 Å². The molecule has 2 amide bonds. The Balaban J connectivity index is 1.89. The van der Waals surface area contributed by atoms with E-state index in [0.717, 1.165) is 17.7 Å². The highest BCUT2D eigenvalue weighted by atomic mass is 16.2. The molecule has 2 rings (SSSR count). The molecule has 0 aromatic carbocycles. The molecule has 1 aliphatic rings. The van der Waals surface area contributed by atoms with Crippen molar-refractivity contribution in [3.8, 4) is 0 Å². The van der Waals surface area contributed by atoms with Crippen molar-refractivity contribution in [2.24, 2.45) is 11.7 Å². The van der Waals surface area contributed by atoms with E-state index in [1.54, 1.807) is 6.20 Å². The fourth-order valence-electron chi connectivity index (χ4n) is 2.87. The van der Waals surface area contributed by atoms with Crippen LogP contribution in [-0.4, -0.2) is 33.2 Å². The number of rotatable bonds is 7. The van der Waals surface area contributed by atoms with Crippen LogP contribution in [0.2, 0.25) is 0 Å². The zero-order chi connectivity index (χ0) is 16.8. The van der Waals surface area contributed by atoms with Gasteiger partial charge < -0.3 is 10.6 Å². The molecule has 1 aliphatic heterocycles. The van der Waals surface area contributed by atoms with Crippen molar-refractivity contribution in [3.05, 3.63) is 23.3 Å². The lowest BCUT2D eigenvalue weighted by atomic mass is 9.98. The molecule has 0 saturated heterocycles. The van der Waals surface area contributed by atoms with Crippen LogP contribution in [0, 0.1) is 5.92 Å². The van der Waals surface area contributed by atoms with Crippen molar-refractivity contribution in [3.63, 3.8) is 0 Å². The van der Waals surface area contributed by atoms with Gasteiger partial charge in [-0.2, -0.15) is 0 Å². The van der Waals surface area contributed by atoms with E-state index in [9.17, 15) is 9.59 Å². The zero-order valence-corrected chi connectivity index (χ0v) is 14.0. The molecular formula is C17H26N4O2. The Morgan fingerprint density at radius 2 is 2.17 bits per heavy atom. The lowest BCUT2D eigenvalue weighted by Gasteiger charge is -2.28. The number of carbonyl (C=O) groups is 2. The number of hydrogen-bond donors (Lipinski definition) is 1. The van der Waals surface area contributed by atoms with Crippen molar-refractivity contribution < 1.29 is 9.59 Å². The van der Waals surface area contributed by atoms with Crippen molar-refractivity contribution >= 4 is 11.8 Å². The largest absolute Gasteiger partial charge is 0.363 e. The summed E-state index contributed by atoms with van der Waals surface area (Å²) >= 11 is 0. The standard InChI is InChI=1S/C17H26N4O2/c1-3-4-5-12(2)6-7-15(22)21-9-8-14-13(11-21)10-19-17(20-14)16(18)23/h10,12H,3-9,11H2,1-2H3,(H2,18,23). The minimum absolute atomic E-state index is 0.0493. The van der Waals surface area contributed by atoms with Gasteiger partial charge in [0.05, 0.1) is 5.69 Å². The number of primary amides is 1. The normalized spacial score (nSPS) is 15.1. The van der Waals surface area contributed by atoms with Crippen LogP contribution in [0.1, 0.15) is 67.8 Å². The van der Waals surface area contributed by atoms with Gasteiger partial charge in [-0.05, 0) is 12.3 Å². The van der Waals surface area contributed by atoms with Crippen LogP contribution in [-0.2, 0) is 17.8 Å². The molecule has 0 fully saturated rings. The fraction of sp³-hybridized carbons (Fsp3) is 0.647. The van der Waals surface area contributed by atoms with Gasteiger partial charge in [0.1, 0.15) is 0 Å². The van der Waals surface area contributed by atoms with Crippen molar-refractivity contribution in [2.45, 2.75) is 58.9 Å². The average Bonchev–Trinajstić information content (AvgIpc) is 2.56. The highest BCUT2D eigenvalue weighted by Crippen LogP contribution is 2.19. The van der Waals surface area contributed by atoms with E-state index in [1.165, 1.54) is 19.3 Å². The van der Waals surface area contributed by atoms with Crippen molar-refractivity contribution in [1.82, 2.24) is 14.9 Å². The number of fused-ring (bicyclic) bond motifs is 1. The maximum absolute atomic E-state index is 12.4. The highest BCUT2D eigenvalue weighted by molar-refractivity contribution is 5.88. The monoisotopic (exact) mass is 318 g/mol. The summed E-state index contributed by atoms with van der Waals surface area (Å²) in [6.07, 6.45) is 7.43. The molecule has 126 valence electrons. The molecule has 23 heavy (non-hydrogen) atoms. The lowest BCUT2D eigenvalue weighted by Crippen LogP contribution is -2.37. The average molecular weight is 318 g/mol. The number of hydrogen-bond acceptors (Lipinski definition) is 4. The maximum Gasteiger partial charge on any atom is 0.286 e. The second-order valence-electron chi connectivity index (χ2n) is 6.38. The smallest absolute Gasteiger partial charge is 0.286 e. The third-order valence-corrected chi connectivity index (χ3v) is 4.41. The first kappa shape index (κ1) is 17.4. The number of nitrogens with zero attached hydrogens (tertiary/aromatic N) is 3. The van der Waals surface area contributed by atoms with Crippen LogP contribution in [0.25, 0.3) is 0 Å². The van der Waals surface area contributed by atoms with E-state index < -0.39 is 5.91 Å². The molecular weight excluding hydrogens is 292 g/mol. The number of aromatic nitrogens is 2. The summed E-state index contributed by atoms with van der Waals surface area (Å²) in [4.78, 5) is 33.5. The number of carbonyl (C=O) groups excluding carboxylic acids is 2. The summed E-state index contributed by atoms with van der Waals surface area (Å²) in [6, 6.07) is 0. The summed E-state index contributed by atoms with van der Waals surface area (Å²) in [7, 11) is 0. The molecule has 1 aromatic rings. The Kier molecular flexibility index (Phi) is 6.07. The van der Waals surface area contributed by atoms with Crippen LogP contribution in [0.4, 0.5) is 0 Å². The maximum atomic E-state index is 12.4. The van der Waals surface area contributed by atoms with Gasteiger partial charge in [0.15, 0.2) is 0 Å². The molecule has 2 N–H and O–H groups in total. The molecule has 1 unspecified atom stereocenters. The van der Waals surface area contributed by atoms with Gasteiger partial charge in [-0.1, -0.05) is 33.1 Å². The molecule has 0 spiro atoms. The lowest BCUT2D eigenvalue weighted by molar-refractivity contribution is -0.132. The summed E-state index contributed by atoms with van der Waals surface area (Å²) < 4.78 is 0. The number of amides is 2. The molecule has 1 atom stereocenters. The van der Waals surface area contributed by atoms with Gasteiger partial charge in [-0.15, -0.1) is 0 Å². The first-order valence-electron chi connectivity index (χ1n) is 8.43. The molecule has 0 saturated carbocycles. The summed E-state index contributed by atoms with van der Waals surface area (Å²) in [6.45, 7) is 5.57. The van der Waals surface area contributed by atoms with E-state index in [1.807, 2.05) is 4.90 Å². The van der Waals surface area contributed by atoms with E-state index in [4.69, 9.17) is 5.73 Å². The minimum atomic E-state index is -0.618. The Labute approximate surface area is 137 Å². The first-order chi connectivity index (χ1) is 11.0. The van der Waals surface area contributed by atoms with Crippen molar-refractivity contribution in [1.29, 1.82) is 0 Å². The number of nitrogens with two attached hydrogens (primary N) is 1. The minimum Gasteiger partial charge on any atom is -0.363 e. The highest BCUT2D eigenvalue weighted by Gasteiger charge is 2.23. The summed E-state index contributed by atoms with van der Waals surface area (Å²) in [5, 5.41) is 0. The van der Waals surface area contributed by atoms with E-state index in [0.29, 0.717) is 31.8 Å². The molecule has 6 nitrogen and oxygen atoms in total. The number of unbranched alkanes of at least 4 members (excludes halogenated alkanes) is 1. The third kappa shape index (κ3) is 4.74. The molecule has 0 radical (unpaired) electrons. The zero-order valence-electron chi connectivity index (χ0n) is 14.0. The van der Waals surface area contributed by atoms with Gasteiger partial charge in [-0.3, -0.25) is 9.59 Å². The Hall–Kier alpha value is -1.98. The molecule has 0 aliphatic carbocycles. The van der Waals surface area contributed by atoms with Crippen LogP contribution in [0.3, 0.4) is 0 Å². The van der Waals surface area contributed by atoms with Gasteiger partial charge in [-0.25, -0.2) is 9.97 Å². The second-order valence-corrected chi connectivity index (χ2v) is 6.38. The van der Waals surface area contributed by atoms with Crippen molar-refractivity contribution in [2.75, 3.05) is 6.54 Å². The molecule has 1 aromatic heterocycles. The van der Waals surface area contributed by atoms with Crippen LogP contribution < -0.4 is 5.73 Å². The first-order valence-corrected chi connectivity index (χ1v) is 8.43. The fourth-order valence-corrected chi connectivity index (χ4v) is 2.87. The van der Waals surface area contributed by atoms with E-state index >= 15 is 0 Å². The Morgan fingerprint density at radius 1 is 1.39 bits per heavy atom. The molecule has 6 heteroatoms. The molecule has 0 bridgehead atoms. The summed E-state index contributed by atoms with van der Waals surface area (Å²) in [5.41, 5.74) is 6.94. The van der Waals surface area contributed by atoms with Gasteiger partial charge in [0, 0.05) is 37.7 Å². The van der Waals surface area contributed by atoms with Gasteiger partial charge >= 0.3 is 0 Å². The Bertz CT molecular complexity index is 574. The van der Waals surface area contributed by atoms with Crippen LogP contribution >= 0.6 is 0 Å². The third-order valence-electron chi connectivity index (χ3n) is 4.41. The predicted octanol–water partition coefficient (Wildman–Crippen LogP) is 2.07. The predicted molar refractivity (Wildman–Crippen MR) is 87.6 cm³/mol. The Morgan fingerprint density at radius 3 is 2.87 bits per heavy atom. The molecule has 2 heterocycles. The second kappa shape index (κ2) is 8.04. The van der Waals surface area contributed by atoms with Crippen LogP contribution in [0.15, 0.2) is 6.20 Å². The van der Waals surface area contributed by atoms with Crippen LogP contribution in [0.5, 0.6) is 0 Å². The SMILES string of the molecule is CCCCC(C)CCC(=O)N1CCc2nc(C(N)=O)ncc2C1. The van der Waals surface area contributed by atoms with E-state index in [2.05, 4.69) is 23.8 Å². The topological polar surface area (TPSA) is 89.2 Å². The van der Waals surface area contributed by atoms with Gasteiger partial charge in [0.25, 0.3) is 5.91 Å². The quantitative estimate of drug-likeness (QED) is 0.833. The van der Waals surface area contributed by atoms with Gasteiger partial charge in [0.2, 0.25) is 11.7 Å². The summed E-state index contributed by atoms with van der Waals surface area (Å²) in [5.74, 6) is 0.219.